The molecule has 1 aromatic carbocycles. The number of hydrogen-bond acceptors (Lipinski definition) is 14. The molecule has 0 atom stereocenters. The number of hydrogen-bond donors (Lipinski definition) is 4. The largest absolute Gasteiger partial charge is 0.307 e. The number of aromatic nitrogens is 12. The molecule has 18 heteroatoms. The van der Waals surface area contributed by atoms with E-state index in [0.717, 1.165) is 5.56 Å². The number of fused-ring (bicyclic) bond motifs is 8. The van der Waals surface area contributed by atoms with Gasteiger partial charge in [0, 0.05) is 30.4 Å². The number of aromatic amines is 2. The number of benzene rings is 1. The maximum atomic E-state index is 13.1. The fourth-order valence-corrected chi connectivity index (χ4v) is 6.59. The van der Waals surface area contributed by atoms with Crippen LogP contribution in [-0.2, 0) is 0 Å². The summed E-state index contributed by atoms with van der Waals surface area (Å²) in [6, 6.07) is 7.31. The summed E-state index contributed by atoms with van der Waals surface area (Å²) in [5.41, 5.74) is 8.99. The average molecular weight is 593 g/mol. The number of H-pyrrole nitrogens is 2. The van der Waals surface area contributed by atoms with E-state index in [1.807, 2.05) is 24.3 Å². The Morgan fingerprint density at radius 2 is 1.21 bits per heavy atom. The third kappa shape index (κ3) is 3.26. The van der Waals surface area contributed by atoms with Gasteiger partial charge in [0.05, 0.1) is 5.69 Å². The molecule has 4 N–H and O–H groups in total. The molecule has 0 aliphatic heterocycles. The molecule has 9 aromatic rings. The first-order valence-electron chi connectivity index (χ1n) is 12.3. The molecule has 202 valence electrons. The third-order valence-electron chi connectivity index (χ3n) is 6.56. The summed E-state index contributed by atoms with van der Waals surface area (Å²) in [4.78, 5) is 59.8. The lowest BCUT2D eigenvalue weighted by atomic mass is 10.2. The Labute approximate surface area is 237 Å². The summed E-state index contributed by atoms with van der Waals surface area (Å²) < 4.78 is 3.32. The molecule has 0 saturated heterocycles. The van der Waals surface area contributed by atoms with Gasteiger partial charge in [-0.25, -0.2) is 29.9 Å². The highest BCUT2D eigenvalue weighted by atomic mass is 32.1. The molecule has 0 unspecified atom stereocenters. The molecule has 0 amide bonds. The van der Waals surface area contributed by atoms with E-state index in [1.54, 1.807) is 24.8 Å². The van der Waals surface area contributed by atoms with Crippen LogP contribution in [-0.4, -0.2) is 59.1 Å². The summed E-state index contributed by atoms with van der Waals surface area (Å²) in [6.45, 7) is 0. The van der Waals surface area contributed by atoms with Crippen molar-refractivity contribution in [1.82, 2.24) is 59.1 Å². The van der Waals surface area contributed by atoms with Crippen LogP contribution < -0.4 is 22.0 Å². The number of thiophene rings is 2. The van der Waals surface area contributed by atoms with Crippen molar-refractivity contribution in [2.75, 3.05) is 10.9 Å². The van der Waals surface area contributed by atoms with E-state index < -0.39 is 0 Å². The van der Waals surface area contributed by atoms with Crippen LogP contribution in [0.1, 0.15) is 0 Å². The van der Waals surface area contributed by atoms with Gasteiger partial charge in [0.2, 0.25) is 17.5 Å². The summed E-state index contributed by atoms with van der Waals surface area (Å²) in [5.74, 6) is 1.35. The predicted molar refractivity (Wildman–Crippen MR) is 157 cm³/mol. The Kier molecular flexibility index (Phi) is 4.53. The lowest BCUT2D eigenvalue weighted by Gasteiger charge is -2.06. The monoisotopic (exact) mass is 592 g/mol. The topological polar surface area (TPSA) is 202 Å². The van der Waals surface area contributed by atoms with E-state index >= 15 is 0 Å². The minimum absolute atomic E-state index is 0.270. The molecule has 8 heterocycles. The van der Waals surface area contributed by atoms with E-state index in [4.69, 9.17) is 0 Å². The first kappa shape index (κ1) is 22.9. The van der Waals surface area contributed by atoms with Crippen LogP contribution in [0.4, 0.5) is 11.6 Å². The number of hydrazine groups is 1. The summed E-state index contributed by atoms with van der Waals surface area (Å²) in [7, 11) is 0. The van der Waals surface area contributed by atoms with Gasteiger partial charge in [0.15, 0.2) is 5.82 Å². The maximum Gasteiger partial charge on any atom is 0.293 e. The van der Waals surface area contributed by atoms with Crippen LogP contribution in [0.5, 0.6) is 0 Å². The first-order valence-corrected chi connectivity index (χ1v) is 13.9. The van der Waals surface area contributed by atoms with Gasteiger partial charge in [-0.05, 0) is 24.3 Å². The van der Waals surface area contributed by atoms with E-state index in [-0.39, 0.29) is 22.8 Å². The van der Waals surface area contributed by atoms with Crippen molar-refractivity contribution >= 4 is 87.0 Å². The number of nitrogens with zero attached hydrogens (tertiary/aromatic N) is 10. The minimum atomic E-state index is -0.311. The van der Waals surface area contributed by atoms with Gasteiger partial charge in [-0.2, -0.15) is 9.03 Å². The Morgan fingerprint density at radius 3 is 1.86 bits per heavy atom. The van der Waals surface area contributed by atoms with Crippen molar-refractivity contribution in [2.45, 2.75) is 0 Å². The minimum Gasteiger partial charge on any atom is -0.307 e. The van der Waals surface area contributed by atoms with E-state index in [2.05, 4.69) is 60.9 Å². The third-order valence-corrected chi connectivity index (χ3v) is 8.69. The molecular weight excluding hydrogens is 580 g/mol. The van der Waals surface area contributed by atoms with Gasteiger partial charge in [0.1, 0.15) is 41.1 Å². The van der Waals surface area contributed by atoms with Crippen LogP contribution in [0.3, 0.4) is 0 Å². The summed E-state index contributed by atoms with van der Waals surface area (Å²) >= 11 is 2.47. The molecule has 0 aliphatic rings. The van der Waals surface area contributed by atoms with Gasteiger partial charge in [-0.15, -0.1) is 32.9 Å². The SMILES string of the molecule is O=c1c2sc3nccnc3c2nc2[nH]c(NNc3ccc(-c4nn5c(=O)c6sc7nccnc7c6nc5[nH]4)cc3)nn12. The van der Waals surface area contributed by atoms with Gasteiger partial charge in [0.25, 0.3) is 11.1 Å². The molecule has 0 radical (unpaired) electrons. The number of anilines is 2. The predicted octanol–water partition coefficient (Wildman–Crippen LogP) is 2.57. The first-order chi connectivity index (χ1) is 20.6. The molecule has 42 heavy (non-hydrogen) atoms. The van der Waals surface area contributed by atoms with Crippen LogP contribution in [0.25, 0.3) is 64.1 Å². The van der Waals surface area contributed by atoms with Crippen LogP contribution in [0.2, 0.25) is 0 Å². The van der Waals surface area contributed by atoms with Crippen molar-refractivity contribution in [3.63, 3.8) is 0 Å². The zero-order valence-corrected chi connectivity index (χ0v) is 22.4. The van der Waals surface area contributed by atoms with Gasteiger partial charge in [-0.3, -0.25) is 25.4 Å². The fraction of sp³-hybridized carbons (Fsp3) is 0. The van der Waals surface area contributed by atoms with Crippen molar-refractivity contribution in [2.24, 2.45) is 0 Å². The highest BCUT2D eigenvalue weighted by molar-refractivity contribution is 7.25. The quantitative estimate of drug-likeness (QED) is 0.218. The highest BCUT2D eigenvalue weighted by Crippen LogP contribution is 2.28. The smallest absolute Gasteiger partial charge is 0.293 e. The molecule has 9 rings (SSSR count). The Balaban J connectivity index is 0.994. The second-order valence-electron chi connectivity index (χ2n) is 9.06. The van der Waals surface area contributed by atoms with Crippen LogP contribution in [0.15, 0.2) is 58.6 Å². The molecule has 8 aromatic heterocycles. The van der Waals surface area contributed by atoms with Crippen LogP contribution >= 0.6 is 22.7 Å². The lowest BCUT2D eigenvalue weighted by molar-refractivity contribution is 0.919. The average Bonchev–Trinajstić information content (AvgIpc) is 3.80. The molecule has 0 aliphatic carbocycles. The van der Waals surface area contributed by atoms with E-state index in [0.29, 0.717) is 58.4 Å². The summed E-state index contributed by atoms with van der Waals surface area (Å²) in [5, 5.41) is 8.75. The van der Waals surface area contributed by atoms with Gasteiger partial charge >= 0.3 is 0 Å². The zero-order chi connectivity index (χ0) is 27.9. The summed E-state index contributed by atoms with van der Waals surface area (Å²) in [6.07, 6.45) is 6.30. The van der Waals surface area contributed by atoms with Crippen molar-refractivity contribution in [1.29, 1.82) is 0 Å². The van der Waals surface area contributed by atoms with Crippen molar-refractivity contribution < 1.29 is 0 Å². The molecular formula is C24H12N14O2S2. The molecule has 16 nitrogen and oxygen atoms in total. The fourth-order valence-electron chi connectivity index (χ4n) is 4.66. The Hall–Kier alpha value is -5.88. The zero-order valence-electron chi connectivity index (χ0n) is 20.7. The van der Waals surface area contributed by atoms with Gasteiger partial charge in [-0.1, -0.05) is 0 Å². The van der Waals surface area contributed by atoms with E-state index in [9.17, 15) is 9.59 Å². The molecule has 0 spiro atoms. The van der Waals surface area contributed by atoms with Gasteiger partial charge < -0.3 is 4.98 Å². The normalized spacial score (nSPS) is 12.0. The van der Waals surface area contributed by atoms with Crippen molar-refractivity contribution in [3.8, 4) is 11.4 Å². The maximum absolute atomic E-state index is 13.1. The highest BCUT2D eigenvalue weighted by Gasteiger charge is 2.18. The Bertz CT molecular complexity index is 2640. The Morgan fingerprint density at radius 1 is 0.643 bits per heavy atom. The molecule has 0 fully saturated rings. The van der Waals surface area contributed by atoms with E-state index in [1.165, 1.54) is 31.7 Å². The van der Waals surface area contributed by atoms with Crippen LogP contribution in [0, 0.1) is 0 Å². The standard InChI is InChI=1S/C24H12N14O2S2/c39-20-15-11(13-18(41-15)27-7-5-25-13)29-23-31-17(35-37(20)23)9-1-3-10(4-2-9)33-34-22-32-24-30-12-14-19(28-8-6-26-14)42-16(12)21(40)38(24)36-22/h1-8,33H,(H,29,31,35)(H2,30,32,34,36). The lowest BCUT2D eigenvalue weighted by Crippen LogP contribution is -2.15. The molecule has 0 saturated carbocycles. The number of nitrogens with one attached hydrogen (secondary N) is 4. The number of rotatable bonds is 4. The second-order valence-corrected chi connectivity index (χ2v) is 11.1. The molecule has 0 bridgehead atoms. The second kappa shape index (κ2) is 8.32. The van der Waals surface area contributed by atoms with Crippen molar-refractivity contribution in [3.05, 3.63) is 69.8 Å².